The highest BCUT2D eigenvalue weighted by atomic mass is 28.4. The Balaban J connectivity index is 2.52. The number of esters is 2. The molecule has 1 aromatic carbocycles. The van der Waals surface area contributed by atoms with Crippen molar-refractivity contribution >= 4 is 20.3 Å². The number of ether oxygens (including phenoxy) is 2. The summed E-state index contributed by atoms with van der Waals surface area (Å²) in [6, 6.07) is 10.0. The second-order valence-electron chi connectivity index (χ2n) is 7.74. The Hall–Kier alpha value is -2.45. The predicted octanol–water partition coefficient (Wildman–Crippen LogP) is 3.68. The van der Waals surface area contributed by atoms with E-state index in [0.29, 0.717) is 12.1 Å². The van der Waals surface area contributed by atoms with Crippen LogP contribution >= 0.6 is 0 Å². The molecule has 28 heavy (non-hydrogen) atoms. The third kappa shape index (κ3) is 5.08. The normalized spacial score (nSPS) is 13.6. The van der Waals surface area contributed by atoms with Gasteiger partial charge in [-0.05, 0) is 45.0 Å². The first-order valence-corrected chi connectivity index (χ1v) is 12.5. The van der Waals surface area contributed by atoms with E-state index < -0.39 is 25.9 Å². The summed E-state index contributed by atoms with van der Waals surface area (Å²) in [4.78, 5) is 24.6. The number of nitrogens with one attached hydrogen (secondary N) is 1. The van der Waals surface area contributed by atoms with Gasteiger partial charge in [-0.15, -0.1) is 0 Å². The van der Waals surface area contributed by atoms with Crippen LogP contribution in [-0.4, -0.2) is 44.7 Å². The Labute approximate surface area is 166 Å². The van der Waals surface area contributed by atoms with E-state index in [2.05, 4.69) is 29.8 Å². The number of nitrogens with zero attached hydrogens (tertiary/aromatic N) is 1. The van der Waals surface area contributed by atoms with E-state index in [4.69, 9.17) is 13.9 Å². The molecule has 0 radical (unpaired) electrons. The lowest BCUT2D eigenvalue weighted by molar-refractivity contribution is 0.0502. The number of methoxy groups -OCH3 is 2. The zero-order chi connectivity index (χ0) is 20.9. The van der Waals surface area contributed by atoms with E-state index in [1.807, 2.05) is 37.3 Å². The highest BCUT2D eigenvalue weighted by Crippen LogP contribution is 2.36. The van der Waals surface area contributed by atoms with E-state index in [9.17, 15) is 9.59 Å². The summed E-state index contributed by atoms with van der Waals surface area (Å²) in [6.07, 6.45) is 1.32. The number of hydrogen-bond acceptors (Lipinski definition) is 6. The van der Waals surface area contributed by atoms with Crippen molar-refractivity contribution in [3.05, 3.63) is 52.8 Å². The van der Waals surface area contributed by atoms with Crippen molar-refractivity contribution in [2.24, 2.45) is 0 Å². The molecule has 2 rings (SSSR count). The number of carbonyl (C=O) groups excluding carboxylic acids is 2. The average molecular weight is 405 g/mol. The largest absolute Gasteiger partial charge is 0.465 e. The van der Waals surface area contributed by atoms with Crippen molar-refractivity contribution in [1.29, 1.82) is 0 Å². The number of H-pyrrole nitrogens is 1. The minimum absolute atomic E-state index is 0.0585. The van der Waals surface area contributed by atoms with Gasteiger partial charge in [0.2, 0.25) is 0 Å². The number of benzene rings is 1. The molecule has 1 unspecified atom stereocenters. The van der Waals surface area contributed by atoms with Crippen molar-refractivity contribution in [2.75, 3.05) is 14.2 Å². The number of rotatable bonds is 8. The SMILES string of the molecule is COC(=O)c1n[nH]c(C(C)(CCc2ccccc2)O[Si](C)(C)C)c1C(=O)OC. The van der Waals surface area contributed by atoms with Crippen LogP contribution in [0.4, 0.5) is 0 Å². The van der Waals surface area contributed by atoms with Crippen LogP contribution in [0.3, 0.4) is 0 Å². The van der Waals surface area contributed by atoms with Gasteiger partial charge in [0, 0.05) is 0 Å². The second-order valence-corrected chi connectivity index (χ2v) is 12.2. The van der Waals surface area contributed by atoms with Crippen molar-refractivity contribution < 1.29 is 23.5 Å². The number of aryl methyl sites for hydroxylation is 1. The molecule has 8 heteroatoms. The van der Waals surface area contributed by atoms with Gasteiger partial charge in [-0.1, -0.05) is 30.3 Å². The molecule has 0 saturated carbocycles. The maximum Gasteiger partial charge on any atom is 0.359 e. The van der Waals surface area contributed by atoms with Crippen molar-refractivity contribution in [3.8, 4) is 0 Å². The molecule has 0 saturated heterocycles. The topological polar surface area (TPSA) is 90.5 Å². The fraction of sp³-hybridized carbons (Fsp3) is 0.450. The lowest BCUT2D eigenvalue weighted by Crippen LogP contribution is -2.40. The molecule has 7 nitrogen and oxygen atoms in total. The van der Waals surface area contributed by atoms with Gasteiger partial charge in [-0.3, -0.25) is 5.10 Å². The van der Waals surface area contributed by atoms with Crippen molar-refractivity contribution in [3.63, 3.8) is 0 Å². The molecule has 1 N–H and O–H groups in total. The standard InChI is InChI=1S/C20H28N2O5Si/c1-20(27-28(4,5)6,13-12-14-10-8-7-9-11-14)17-15(18(23)25-2)16(21-22-17)19(24)26-3/h7-11H,12-13H2,1-6H3,(H,21,22). The van der Waals surface area contributed by atoms with Gasteiger partial charge in [0.25, 0.3) is 0 Å². The van der Waals surface area contributed by atoms with Gasteiger partial charge in [0.1, 0.15) is 5.56 Å². The van der Waals surface area contributed by atoms with E-state index in [0.717, 1.165) is 12.0 Å². The van der Waals surface area contributed by atoms with Crippen LogP contribution in [0.25, 0.3) is 0 Å². The molecule has 1 heterocycles. The average Bonchev–Trinajstić information content (AvgIpc) is 3.10. The smallest absolute Gasteiger partial charge is 0.359 e. The second kappa shape index (κ2) is 8.70. The molecule has 0 fully saturated rings. The number of hydrogen-bond donors (Lipinski definition) is 1. The molecular formula is C20H28N2O5Si. The number of carbonyl (C=O) groups is 2. The lowest BCUT2D eigenvalue weighted by Gasteiger charge is -2.36. The molecular weight excluding hydrogens is 376 g/mol. The van der Waals surface area contributed by atoms with E-state index >= 15 is 0 Å². The van der Waals surface area contributed by atoms with Crippen molar-refractivity contribution in [1.82, 2.24) is 10.2 Å². The van der Waals surface area contributed by atoms with E-state index in [1.165, 1.54) is 14.2 Å². The minimum atomic E-state index is -2.02. The Kier molecular flexibility index (Phi) is 6.79. The highest BCUT2D eigenvalue weighted by molar-refractivity contribution is 6.69. The summed E-state index contributed by atoms with van der Waals surface area (Å²) in [5.41, 5.74) is 0.680. The van der Waals surface area contributed by atoms with E-state index in [-0.39, 0.29) is 11.3 Å². The Bertz CT molecular complexity index is 829. The summed E-state index contributed by atoms with van der Waals surface area (Å²) in [7, 11) is 0.482. The van der Waals surface area contributed by atoms with Gasteiger partial charge >= 0.3 is 11.9 Å². The molecule has 1 atom stereocenters. The molecule has 152 valence electrons. The molecule has 0 spiro atoms. The molecule has 1 aromatic heterocycles. The van der Waals surface area contributed by atoms with Gasteiger partial charge < -0.3 is 13.9 Å². The monoisotopic (exact) mass is 404 g/mol. The summed E-state index contributed by atoms with van der Waals surface area (Å²) < 4.78 is 16.2. The molecule has 0 aliphatic rings. The van der Waals surface area contributed by atoms with Crippen LogP contribution in [0.2, 0.25) is 19.6 Å². The first-order chi connectivity index (χ1) is 13.1. The first kappa shape index (κ1) is 21.8. The van der Waals surface area contributed by atoms with Crippen LogP contribution in [0.15, 0.2) is 30.3 Å². The third-order valence-electron chi connectivity index (χ3n) is 4.33. The predicted molar refractivity (Wildman–Crippen MR) is 108 cm³/mol. The number of aromatic nitrogens is 2. The van der Waals surface area contributed by atoms with Crippen LogP contribution in [0.5, 0.6) is 0 Å². The quantitative estimate of drug-likeness (QED) is 0.533. The maximum absolute atomic E-state index is 12.5. The van der Waals surface area contributed by atoms with E-state index in [1.54, 1.807) is 0 Å². The summed E-state index contributed by atoms with van der Waals surface area (Å²) in [5.74, 6) is -1.37. The molecule has 0 bridgehead atoms. The summed E-state index contributed by atoms with van der Waals surface area (Å²) >= 11 is 0. The zero-order valence-electron chi connectivity index (χ0n) is 17.3. The molecule has 0 aliphatic carbocycles. The zero-order valence-corrected chi connectivity index (χ0v) is 18.3. The summed E-state index contributed by atoms with van der Waals surface area (Å²) in [5, 5.41) is 6.89. The fourth-order valence-electron chi connectivity index (χ4n) is 3.20. The molecule has 0 aliphatic heterocycles. The molecule has 2 aromatic rings. The lowest BCUT2D eigenvalue weighted by atomic mass is 9.90. The Morgan fingerprint density at radius 3 is 2.21 bits per heavy atom. The highest BCUT2D eigenvalue weighted by Gasteiger charge is 2.40. The minimum Gasteiger partial charge on any atom is -0.465 e. The summed E-state index contributed by atoms with van der Waals surface area (Å²) in [6.45, 7) is 8.13. The van der Waals surface area contributed by atoms with Crippen LogP contribution < -0.4 is 0 Å². The maximum atomic E-state index is 12.5. The van der Waals surface area contributed by atoms with Crippen molar-refractivity contribution in [2.45, 2.75) is 45.0 Å². The van der Waals surface area contributed by atoms with Gasteiger partial charge in [0.15, 0.2) is 14.0 Å². The Morgan fingerprint density at radius 2 is 1.68 bits per heavy atom. The number of aromatic amines is 1. The third-order valence-corrected chi connectivity index (χ3v) is 5.39. The van der Waals surface area contributed by atoms with Crippen LogP contribution in [0.1, 0.15) is 45.4 Å². The fourth-order valence-corrected chi connectivity index (χ4v) is 4.76. The first-order valence-electron chi connectivity index (χ1n) is 9.11. The van der Waals surface area contributed by atoms with Crippen LogP contribution in [0, 0.1) is 0 Å². The van der Waals surface area contributed by atoms with Crippen LogP contribution in [-0.2, 0) is 25.9 Å². The van der Waals surface area contributed by atoms with Gasteiger partial charge in [0.05, 0.1) is 25.5 Å². The van der Waals surface area contributed by atoms with Gasteiger partial charge in [-0.25, -0.2) is 9.59 Å². The Morgan fingerprint density at radius 1 is 1.07 bits per heavy atom. The van der Waals surface area contributed by atoms with Gasteiger partial charge in [-0.2, -0.15) is 5.10 Å². The molecule has 0 amide bonds.